The highest BCUT2D eigenvalue weighted by Crippen LogP contribution is 2.46. The number of unbranched alkanes of at least 4 members (excludes halogenated alkanes) is 3. The highest BCUT2D eigenvalue weighted by Gasteiger charge is 2.42. The summed E-state index contributed by atoms with van der Waals surface area (Å²) in [5.41, 5.74) is 0.797. The van der Waals surface area contributed by atoms with Crippen LogP contribution in [0.4, 0.5) is 0 Å². The van der Waals surface area contributed by atoms with Gasteiger partial charge in [0, 0.05) is 5.57 Å². The first-order chi connectivity index (χ1) is 7.55. The smallest absolute Gasteiger partial charge is 0.219 e. The maximum Gasteiger partial charge on any atom is 0.219 e. The molecule has 1 aliphatic heterocycles. The normalized spacial score (nSPS) is 25.4. The molecule has 0 N–H and O–H groups in total. The van der Waals surface area contributed by atoms with Crippen molar-refractivity contribution in [2.24, 2.45) is 0 Å². The molecular formula is C13H22O2S. The second-order valence-electron chi connectivity index (χ2n) is 4.59. The second-order valence-corrected chi connectivity index (χ2v) is 6.07. The van der Waals surface area contributed by atoms with Crippen molar-refractivity contribution in [1.82, 2.24) is 0 Å². The van der Waals surface area contributed by atoms with Crippen LogP contribution in [0.15, 0.2) is 11.3 Å². The number of carbonyl (C=O) groups excluding carboxylic acids is 1. The zero-order chi connectivity index (χ0) is 12.2. The minimum atomic E-state index is -0.121. The van der Waals surface area contributed by atoms with Gasteiger partial charge >= 0.3 is 0 Å². The molecule has 0 spiro atoms. The SMILES string of the molecule is CCCCCC[C@@]1(C)SC(=O)C(C)=C1OC. The number of carbonyl (C=O) groups is 1. The number of methoxy groups -OCH3 is 1. The van der Waals surface area contributed by atoms with Gasteiger partial charge < -0.3 is 4.74 Å². The lowest BCUT2D eigenvalue weighted by Crippen LogP contribution is -2.21. The van der Waals surface area contributed by atoms with E-state index in [2.05, 4.69) is 13.8 Å². The van der Waals surface area contributed by atoms with Gasteiger partial charge in [0.15, 0.2) is 0 Å². The van der Waals surface area contributed by atoms with Crippen LogP contribution in [0.1, 0.15) is 52.9 Å². The van der Waals surface area contributed by atoms with E-state index in [1.165, 1.54) is 37.4 Å². The number of hydrogen-bond donors (Lipinski definition) is 0. The van der Waals surface area contributed by atoms with Gasteiger partial charge in [-0.25, -0.2) is 0 Å². The van der Waals surface area contributed by atoms with Crippen LogP contribution in [-0.4, -0.2) is 17.0 Å². The van der Waals surface area contributed by atoms with Crippen LogP contribution in [0.5, 0.6) is 0 Å². The molecule has 0 amide bonds. The van der Waals surface area contributed by atoms with Crippen LogP contribution in [0.25, 0.3) is 0 Å². The highest BCUT2D eigenvalue weighted by atomic mass is 32.2. The predicted octanol–water partition coefficient (Wildman–Crippen LogP) is 3.91. The van der Waals surface area contributed by atoms with Gasteiger partial charge in [-0.15, -0.1) is 0 Å². The molecule has 0 aromatic carbocycles. The molecule has 0 fully saturated rings. The number of rotatable bonds is 6. The standard InChI is InChI=1S/C13H22O2S/c1-5-6-7-8-9-13(3)11(15-4)10(2)12(14)16-13/h5-9H2,1-4H3/t13-/m1/s1. The summed E-state index contributed by atoms with van der Waals surface area (Å²) in [5, 5.41) is 0.176. The van der Waals surface area contributed by atoms with Gasteiger partial charge in [0.2, 0.25) is 5.12 Å². The lowest BCUT2D eigenvalue weighted by molar-refractivity contribution is -0.107. The molecule has 92 valence electrons. The summed E-state index contributed by atoms with van der Waals surface area (Å²) in [7, 11) is 1.67. The lowest BCUT2D eigenvalue weighted by atomic mass is 9.97. The minimum absolute atomic E-state index is 0.121. The van der Waals surface area contributed by atoms with E-state index in [-0.39, 0.29) is 9.86 Å². The van der Waals surface area contributed by atoms with Crippen molar-refractivity contribution in [1.29, 1.82) is 0 Å². The summed E-state index contributed by atoms with van der Waals surface area (Å²) in [6, 6.07) is 0. The van der Waals surface area contributed by atoms with Crippen LogP contribution < -0.4 is 0 Å². The molecule has 0 aromatic rings. The average Bonchev–Trinajstić information content (AvgIpc) is 2.45. The Morgan fingerprint density at radius 3 is 2.56 bits per heavy atom. The highest BCUT2D eigenvalue weighted by molar-refractivity contribution is 8.15. The molecule has 16 heavy (non-hydrogen) atoms. The summed E-state index contributed by atoms with van der Waals surface area (Å²) in [6.45, 7) is 6.20. The summed E-state index contributed by atoms with van der Waals surface area (Å²) in [4.78, 5) is 11.7. The monoisotopic (exact) mass is 242 g/mol. The minimum Gasteiger partial charge on any atom is -0.499 e. The Morgan fingerprint density at radius 1 is 1.31 bits per heavy atom. The number of hydrogen-bond acceptors (Lipinski definition) is 3. The Labute approximate surface area is 103 Å². The molecule has 1 aliphatic rings. The third-order valence-corrected chi connectivity index (χ3v) is 4.49. The quantitative estimate of drug-likeness (QED) is 0.661. The van der Waals surface area contributed by atoms with Crippen molar-refractivity contribution in [2.45, 2.75) is 57.6 Å². The van der Waals surface area contributed by atoms with Gasteiger partial charge in [-0.05, 0) is 20.3 Å². The van der Waals surface area contributed by atoms with Gasteiger partial charge in [-0.2, -0.15) is 0 Å². The molecule has 0 aromatic heterocycles. The van der Waals surface area contributed by atoms with Crippen LogP contribution in [0.3, 0.4) is 0 Å². The Kier molecular flexibility index (Phi) is 4.90. The first-order valence-electron chi connectivity index (χ1n) is 6.04. The van der Waals surface area contributed by atoms with Crippen molar-refractivity contribution in [3.8, 4) is 0 Å². The van der Waals surface area contributed by atoms with E-state index in [1.807, 2.05) is 6.92 Å². The third kappa shape index (κ3) is 2.82. The molecule has 0 bridgehead atoms. The van der Waals surface area contributed by atoms with Crippen LogP contribution in [-0.2, 0) is 9.53 Å². The Hall–Kier alpha value is -0.440. The fourth-order valence-electron chi connectivity index (χ4n) is 2.24. The molecular weight excluding hydrogens is 220 g/mol. The molecule has 0 radical (unpaired) electrons. The van der Waals surface area contributed by atoms with Gasteiger partial charge in [0.25, 0.3) is 0 Å². The van der Waals surface area contributed by atoms with Crippen LogP contribution >= 0.6 is 11.8 Å². The molecule has 3 heteroatoms. The van der Waals surface area contributed by atoms with Crippen molar-refractivity contribution in [3.63, 3.8) is 0 Å². The third-order valence-electron chi connectivity index (χ3n) is 3.16. The fourth-order valence-corrected chi connectivity index (χ4v) is 3.47. The largest absolute Gasteiger partial charge is 0.499 e. The Bertz CT molecular complexity index is 296. The molecule has 1 heterocycles. The molecule has 0 unspecified atom stereocenters. The summed E-state index contributed by atoms with van der Waals surface area (Å²) in [6.07, 6.45) is 5.97. The van der Waals surface area contributed by atoms with E-state index >= 15 is 0 Å². The van der Waals surface area contributed by atoms with E-state index < -0.39 is 0 Å². The summed E-state index contributed by atoms with van der Waals surface area (Å²) < 4.78 is 5.28. The number of ether oxygens (including phenoxy) is 1. The van der Waals surface area contributed by atoms with Crippen molar-refractivity contribution >= 4 is 16.9 Å². The van der Waals surface area contributed by atoms with E-state index in [1.54, 1.807) is 7.11 Å². The first kappa shape index (κ1) is 13.6. The predicted molar refractivity (Wildman–Crippen MR) is 69.5 cm³/mol. The van der Waals surface area contributed by atoms with Crippen LogP contribution in [0, 0.1) is 0 Å². The molecule has 0 aliphatic carbocycles. The van der Waals surface area contributed by atoms with E-state index in [0.717, 1.165) is 17.8 Å². The maximum absolute atomic E-state index is 11.7. The average molecular weight is 242 g/mol. The molecule has 1 rings (SSSR count). The van der Waals surface area contributed by atoms with Gasteiger partial charge in [0.05, 0.1) is 11.9 Å². The van der Waals surface area contributed by atoms with E-state index in [0.29, 0.717) is 0 Å². The topological polar surface area (TPSA) is 26.3 Å². The number of thioether (sulfide) groups is 1. The van der Waals surface area contributed by atoms with Crippen molar-refractivity contribution < 1.29 is 9.53 Å². The summed E-state index contributed by atoms with van der Waals surface area (Å²) >= 11 is 1.43. The van der Waals surface area contributed by atoms with Crippen molar-refractivity contribution in [3.05, 3.63) is 11.3 Å². The van der Waals surface area contributed by atoms with Crippen LogP contribution in [0.2, 0.25) is 0 Å². The van der Waals surface area contributed by atoms with Gasteiger partial charge in [-0.1, -0.05) is 44.4 Å². The summed E-state index contributed by atoms with van der Waals surface area (Å²) in [5.74, 6) is 0.888. The Balaban J connectivity index is 2.60. The van der Waals surface area contributed by atoms with E-state index in [4.69, 9.17) is 4.74 Å². The Morgan fingerprint density at radius 2 is 2.00 bits per heavy atom. The molecule has 2 nitrogen and oxygen atoms in total. The van der Waals surface area contributed by atoms with Gasteiger partial charge in [0.1, 0.15) is 5.76 Å². The second kappa shape index (κ2) is 5.76. The first-order valence-corrected chi connectivity index (χ1v) is 6.85. The zero-order valence-electron chi connectivity index (χ0n) is 10.8. The molecule has 0 saturated carbocycles. The van der Waals surface area contributed by atoms with Crippen molar-refractivity contribution in [2.75, 3.05) is 7.11 Å². The molecule has 0 saturated heterocycles. The fraction of sp³-hybridized carbons (Fsp3) is 0.769. The lowest BCUT2D eigenvalue weighted by Gasteiger charge is -2.24. The maximum atomic E-state index is 11.7. The zero-order valence-corrected chi connectivity index (χ0v) is 11.6. The molecule has 1 atom stereocenters. The van der Waals surface area contributed by atoms with Gasteiger partial charge in [-0.3, -0.25) is 4.79 Å². The van der Waals surface area contributed by atoms with E-state index in [9.17, 15) is 4.79 Å².